The molecule has 5 heteroatoms. The van der Waals surface area contributed by atoms with Crippen molar-refractivity contribution in [1.29, 1.82) is 5.26 Å². The van der Waals surface area contributed by atoms with Gasteiger partial charge in [-0.2, -0.15) is 5.26 Å². The summed E-state index contributed by atoms with van der Waals surface area (Å²) >= 11 is 0. The van der Waals surface area contributed by atoms with Crippen LogP contribution in [-0.4, -0.2) is 14.2 Å². The molecule has 1 saturated carbocycles. The summed E-state index contributed by atoms with van der Waals surface area (Å²) in [5.41, 5.74) is 1.05. The Morgan fingerprint density at radius 3 is 2.37 bits per heavy atom. The van der Waals surface area contributed by atoms with Gasteiger partial charge in [0.25, 0.3) is 0 Å². The average Bonchev–Trinajstić information content (AvgIpc) is 2.39. The lowest BCUT2D eigenvalue weighted by Crippen LogP contribution is -2.24. The Hall–Kier alpha value is -1.54. The molecule has 0 heterocycles. The van der Waals surface area contributed by atoms with Crippen molar-refractivity contribution in [2.24, 2.45) is 5.92 Å². The molecule has 0 spiro atoms. The minimum Gasteiger partial charge on any atom is -0.284 e. The van der Waals surface area contributed by atoms with Crippen molar-refractivity contribution in [1.82, 2.24) is 0 Å². The van der Waals surface area contributed by atoms with Gasteiger partial charge in [-0.05, 0) is 43.0 Å². The van der Waals surface area contributed by atoms with Gasteiger partial charge in [-0.25, -0.2) is 8.42 Å². The number of hydrogen-bond donors (Lipinski definition) is 1. The maximum absolute atomic E-state index is 12.0. The summed E-state index contributed by atoms with van der Waals surface area (Å²) in [6.45, 7) is 0. The number of benzene rings is 1. The van der Waals surface area contributed by atoms with Crippen LogP contribution in [0.3, 0.4) is 0 Å². The summed E-state index contributed by atoms with van der Waals surface area (Å²) in [7, 11) is -3.29. The van der Waals surface area contributed by atoms with Gasteiger partial charge in [0.15, 0.2) is 0 Å². The van der Waals surface area contributed by atoms with Crippen LogP contribution in [-0.2, 0) is 10.0 Å². The molecule has 0 aliphatic heterocycles. The molecular formula is C14H18N2O2S. The van der Waals surface area contributed by atoms with E-state index >= 15 is 0 Å². The van der Waals surface area contributed by atoms with E-state index in [-0.39, 0.29) is 11.7 Å². The first kappa shape index (κ1) is 13.9. The van der Waals surface area contributed by atoms with Gasteiger partial charge in [0, 0.05) is 5.69 Å². The summed E-state index contributed by atoms with van der Waals surface area (Å²) in [6.07, 6.45) is 5.51. The lowest BCUT2D eigenvalue weighted by atomic mass is 9.91. The lowest BCUT2D eigenvalue weighted by Gasteiger charge is -2.21. The van der Waals surface area contributed by atoms with Crippen LogP contribution in [0.15, 0.2) is 24.3 Å². The predicted octanol–water partition coefficient (Wildman–Crippen LogP) is 2.88. The molecule has 0 bridgehead atoms. The molecular weight excluding hydrogens is 260 g/mol. The maximum Gasteiger partial charge on any atom is 0.232 e. The summed E-state index contributed by atoms with van der Waals surface area (Å²) < 4.78 is 26.7. The Balaban J connectivity index is 1.97. The zero-order valence-corrected chi connectivity index (χ0v) is 11.6. The molecule has 19 heavy (non-hydrogen) atoms. The molecule has 0 saturated heterocycles. The highest BCUT2D eigenvalue weighted by Gasteiger charge is 2.21. The standard InChI is InChI=1S/C14H18N2O2S/c15-10-12-6-8-14(9-7-12)16-19(17,18)11-13-4-2-1-3-5-13/h6-9,13,16H,1-5,11H2. The van der Waals surface area contributed by atoms with E-state index in [4.69, 9.17) is 5.26 Å². The normalized spacial score (nSPS) is 16.8. The Morgan fingerprint density at radius 2 is 1.79 bits per heavy atom. The van der Waals surface area contributed by atoms with Crippen LogP contribution in [0.1, 0.15) is 37.7 Å². The third kappa shape index (κ3) is 4.25. The quantitative estimate of drug-likeness (QED) is 0.920. The van der Waals surface area contributed by atoms with Gasteiger partial charge in [0.1, 0.15) is 0 Å². The largest absolute Gasteiger partial charge is 0.284 e. The van der Waals surface area contributed by atoms with Crippen molar-refractivity contribution in [3.63, 3.8) is 0 Å². The maximum atomic E-state index is 12.0. The van der Waals surface area contributed by atoms with E-state index in [0.29, 0.717) is 11.3 Å². The zero-order valence-electron chi connectivity index (χ0n) is 10.8. The van der Waals surface area contributed by atoms with Crippen LogP contribution in [0, 0.1) is 17.2 Å². The highest BCUT2D eigenvalue weighted by Crippen LogP contribution is 2.25. The van der Waals surface area contributed by atoms with Crippen LogP contribution < -0.4 is 4.72 Å². The van der Waals surface area contributed by atoms with Crippen molar-refractivity contribution >= 4 is 15.7 Å². The first-order chi connectivity index (χ1) is 9.09. The first-order valence-electron chi connectivity index (χ1n) is 6.60. The topological polar surface area (TPSA) is 70.0 Å². The summed E-state index contributed by atoms with van der Waals surface area (Å²) in [5.74, 6) is 0.483. The lowest BCUT2D eigenvalue weighted by molar-refractivity contribution is 0.385. The number of hydrogen-bond acceptors (Lipinski definition) is 3. The van der Waals surface area contributed by atoms with Crippen molar-refractivity contribution < 1.29 is 8.42 Å². The van der Waals surface area contributed by atoms with E-state index in [1.807, 2.05) is 6.07 Å². The Bertz CT molecular complexity index is 552. The van der Waals surface area contributed by atoms with E-state index in [1.165, 1.54) is 6.42 Å². The molecule has 1 aliphatic rings. The fourth-order valence-corrected chi connectivity index (χ4v) is 4.03. The van der Waals surface area contributed by atoms with Crippen LogP contribution in [0.5, 0.6) is 0 Å². The molecule has 0 atom stereocenters. The number of anilines is 1. The third-order valence-electron chi connectivity index (χ3n) is 3.47. The molecule has 1 N–H and O–H groups in total. The van der Waals surface area contributed by atoms with Crippen molar-refractivity contribution in [3.05, 3.63) is 29.8 Å². The predicted molar refractivity (Wildman–Crippen MR) is 75.1 cm³/mol. The van der Waals surface area contributed by atoms with Gasteiger partial charge in [-0.15, -0.1) is 0 Å². The first-order valence-corrected chi connectivity index (χ1v) is 8.25. The van der Waals surface area contributed by atoms with Crippen molar-refractivity contribution in [3.8, 4) is 6.07 Å². The summed E-state index contributed by atoms with van der Waals surface area (Å²) in [6, 6.07) is 8.47. The van der Waals surface area contributed by atoms with Gasteiger partial charge < -0.3 is 0 Å². The second-order valence-corrected chi connectivity index (χ2v) is 6.84. The van der Waals surface area contributed by atoms with E-state index < -0.39 is 10.0 Å². The highest BCUT2D eigenvalue weighted by atomic mass is 32.2. The molecule has 4 nitrogen and oxygen atoms in total. The number of sulfonamides is 1. The van der Waals surface area contributed by atoms with Crippen LogP contribution in [0.2, 0.25) is 0 Å². The smallest absolute Gasteiger partial charge is 0.232 e. The molecule has 0 aromatic heterocycles. The molecule has 0 amide bonds. The molecule has 1 aromatic rings. The molecule has 1 fully saturated rings. The van der Waals surface area contributed by atoms with E-state index in [9.17, 15) is 8.42 Å². The van der Waals surface area contributed by atoms with Crippen molar-refractivity contribution in [2.75, 3.05) is 10.5 Å². The fourth-order valence-electron chi connectivity index (χ4n) is 2.50. The second kappa shape index (κ2) is 6.07. The molecule has 0 radical (unpaired) electrons. The number of nitrogens with zero attached hydrogens (tertiary/aromatic N) is 1. The molecule has 0 unspecified atom stereocenters. The van der Waals surface area contributed by atoms with Gasteiger partial charge in [-0.3, -0.25) is 4.72 Å². The summed E-state index contributed by atoms with van der Waals surface area (Å²) in [5, 5.41) is 8.69. The Morgan fingerprint density at radius 1 is 1.16 bits per heavy atom. The van der Waals surface area contributed by atoms with Gasteiger partial charge in [0.05, 0.1) is 17.4 Å². The molecule has 1 aliphatic carbocycles. The van der Waals surface area contributed by atoms with E-state index in [0.717, 1.165) is 25.7 Å². The zero-order chi connectivity index (χ0) is 13.7. The van der Waals surface area contributed by atoms with Gasteiger partial charge >= 0.3 is 0 Å². The van der Waals surface area contributed by atoms with Gasteiger partial charge in [0.2, 0.25) is 10.0 Å². The third-order valence-corrected chi connectivity index (χ3v) is 4.92. The van der Waals surface area contributed by atoms with Crippen LogP contribution in [0.25, 0.3) is 0 Å². The van der Waals surface area contributed by atoms with E-state index in [1.54, 1.807) is 24.3 Å². The Kier molecular flexibility index (Phi) is 4.43. The van der Waals surface area contributed by atoms with Crippen LogP contribution >= 0.6 is 0 Å². The SMILES string of the molecule is N#Cc1ccc(NS(=O)(=O)CC2CCCCC2)cc1. The van der Waals surface area contributed by atoms with Crippen molar-refractivity contribution in [2.45, 2.75) is 32.1 Å². The molecule has 1 aromatic carbocycles. The monoisotopic (exact) mass is 278 g/mol. The minimum atomic E-state index is -3.29. The highest BCUT2D eigenvalue weighted by molar-refractivity contribution is 7.92. The fraction of sp³-hybridized carbons (Fsp3) is 0.500. The summed E-state index contributed by atoms with van der Waals surface area (Å²) in [4.78, 5) is 0. The Labute approximate surface area is 114 Å². The van der Waals surface area contributed by atoms with E-state index in [2.05, 4.69) is 4.72 Å². The minimum absolute atomic E-state index is 0.201. The molecule has 102 valence electrons. The number of nitrogens with one attached hydrogen (secondary N) is 1. The molecule has 2 rings (SSSR count). The van der Waals surface area contributed by atoms with Gasteiger partial charge in [-0.1, -0.05) is 19.3 Å². The number of rotatable bonds is 4. The second-order valence-electron chi connectivity index (χ2n) is 5.08. The average molecular weight is 278 g/mol. The number of nitriles is 1. The van der Waals surface area contributed by atoms with Crippen LogP contribution in [0.4, 0.5) is 5.69 Å².